The van der Waals surface area contributed by atoms with E-state index in [0.717, 1.165) is 0 Å². The Bertz CT molecular complexity index is 503. The van der Waals surface area contributed by atoms with Gasteiger partial charge in [-0.3, -0.25) is 0 Å². The van der Waals surface area contributed by atoms with Crippen LogP contribution in [-0.4, -0.2) is 45.6 Å². The van der Waals surface area contributed by atoms with Crippen LogP contribution in [-0.2, 0) is 16.6 Å². The smallest absolute Gasteiger partial charge is 0.241 e. The highest BCUT2D eigenvalue weighted by Crippen LogP contribution is 2.23. The molecule has 0 bridgehead atoms. The van der Waals surface area contributed by atoms with Gasteiger partial charge < -0.3 is 10.0 Å². The second kappa shape index (κ2) is 6.63. The Balaban J connectivity index is 2.85. The fourth-order valence-corrected chi connectivity index (χ4v) is 3.49. The molecule has 0 unspecified atom stereocenters. The minimum absolute atomic E-state index is 0.118. The molecular weight excluding hydrogens is 320 g/mol. The van der Waals surface area contributed by atoms with Crippen molar-refractivity contribution in [2.75, 3.05) is 27.2 Å². The second-order valence-electron chi connectivity index (χ2n) is 4.12. The molecule has 1 aromatic carbocycles. The lowest BCUT2D eigenvalue weighted by atomic mass is 10.2. The summed E-state index contributed by atoms with van der Waals surface area (Å²) in [7, 11) is 0.234. The van der Waals surface area contributed by atoms with E-state index < -0.39 is 10.0 Å². The maximum Gasteiger partial charge on any atom is 0.241 e. The first-order chi connectivity index (χ1) is 8.36. The van der Waals surface area contributed by atoms with E-state index in [0.29, 0.717) is 23.1 Å². The SMILES string of the molecule is CN(C)CCNS(=O)(=O)c1ccc(CO)cc1Br. The van der Waals surface area contributed by atoms with Crippen LogP contribution >= 0.6 is 15.9 Å². The summed E-state index contributed by atoms with van der Waals surface area (Å²) in [5.74, 6) is 0. The van der Waals surface area contributed by atoms with E-state index in [9.17, 15) is 8.42 Å². The van der Waals surface area contributed by atoms with E-state index in [1.54, 1.807) is 12.1 Å². The number of hydrogen-bond acceptors (Lipinski definition) is 4. The van der Waals surface area contributed by atoms with E-state index in [1.807, 2.05) is 19.0 Å². The number of aliphatic hydroxyl groups is 1. The topological polar surface area (TPSA) is 69.6 Å². The lowest BCUT2D eigenvalue weighted by Crippen LogP contribution is -2.31. The highest BCUT2D eigenvalue weighted by molar-refractivity contribution is 9.10. The molecule has 0 saturated heterocycles. The molecule has 0 aliphatic heterocycles. The summed E-state index contributed by atoms with van der Waals surface area (Å²) in [6, 6.07) is 4.67. The first kappa shape index (κ1) is 15.6. The summed E-state index contributed by atoms with van der Waals surface area (Å²) >= 11 is 3.20. The Labute approximate surface area is 116 Å². The predicted octanol–water partition coefficient (Wildman–Crippen LogP) is 0.781. The average Bonchev–Trinajstić information content (AvgIpc) is 2.27. The van der Waals surface area contributed by atoms with E-state index in [1.165, 1.54) is 6.07 Å². The van der Waals surface area contributed by atoms with Crippen LogP contribution in [0.1, 0.15) is 5.56 Å². The first-order valence-electron chi connectivity index (χ1n) is 5.40. The fourth-order valence-electron chi connectivity index (χ4n) is 1.34. The van der Waals surface area contributed by atoms with Crippen molar-refractivity contribution >= 4 is 26.0 Å². The third-order valence-electron chi connectivity index (χ3n) is 2.32. The number of sulfonamides is 1. The van der Waals surface area contributed by atoms with Crippen LogP contribution in [0, 0.1) is 0 Å². The molecule has 1 aromatic rings. The molecule has 0 aromatic heterocycles. The van der Waals surface area contributed by atoms with Gasteiger partial charge in [0.15, 0.2) is 0 Å². The number of hydrogen-bond donors (Lipinski definition) is 2. The van der Waals surface area contributed by atoms with E-state index in [4.69, 9.17) is 5.11 Å². The van der Waals surface area contributed by atoms with Crippen LogP contribution in [0.15, 0.2) is 27.6 Å². The molecule has 18 heavy (non-hydrogen) atoms. The average molecular weight is 337 g/mol. The van der Waals surface area contributed by atoms with Crippen molar-refractivity contribution in [3.63, 3.8) is 0 Å². The second-order valence-corrected chi connectivity index (χ2v) is 6.71. The molecule has 0 aliphatic rings. The van der Waals surface area contributed by atoms with Crippen LogP contribution in [0.4, 0.5) is 0 Å². The molecule has 2 N–H and O–H groups in total. The monoisotopic (exact) mass is 336 g/mol. The summed E-state index contributed by atoms with van der Waals surface area (Å²) in [5, 5.41) is 8.97. The zero-order valence-electron chi connectivity index (χ0n) is 10.4. The molecule has 0 fully saturated rings. The van der Waals surface area contributed by atoms with Crippen molar-refractivity contribution in [2.45, 2.75) is 11.5 Å². The van der Waals surface area contributed by atoms with E-state index >= 15 is 0 Å². The molecule has 1 rings (SSSR count). The molecular formula is C11H17BrN2O3S. The normalized spacial score (nSPS) is 12.1. The first-order valence-corrected chi connectivity index (χ1v) is 7.68. The maximum atomic E-state index is 12.0. The minimum Gasteiger partial charge on any atom is -0.392 e. The van der Waals surface area contributed by atoms with Gasteiger partial charge in [0.25, 0.3) is 0 Å². The number of nitrogens with one attached hydrogen (secondary N) is 1. The number of halogens is 1. The van der Waals surface area contributed by atoms with Crippen molar-refractivity contribution in [3.8, 4) is 0 Å². The molecule has 5 nitrogen and oxygen atoms in total. The zero-order valence-corrected chi connectivity index (χ0v) is 12.8. The van der Waals surface area contributed by atoms with Crippen molar-refractivity contribution in [1.29, 1.82) is 0 Å². The predicted molar refractivity (Wildman–Crippen MR) is 73.8 cm³/mol. The van der Waals surface area contributed by atoms with Crippen LogP contribution in [0.5, 0.6) is 0 Å². The molecule has 102 valence electrons. The van der Waals surface area contributed by atoms with Crippen LogP contribution in [0.3, 0.4) is 0 Å². The number of likely N-dealkylation sites (N-methyl/N-ethyl adjacent to an activating group) is 1. The quantitative estimate of drug-likeness (QED) is 0.805. The van der Waals surface area contributed by atoms with Gasteiger partial charge in [-0.1, -0.05) is 6.07 Å². The molecule has 0 spiro atoms. The van der Waals surface area contributed by atoms with Crippen LogP contribution in [0.2, 0.25) is 0 Å². The zero-order chi connectivity index (χ0) is 13.8. The Morgan fingerprint density at radius 2 is 2.06 bits per heavy atom. The van der Waals surface area contributed by atoms with Crippen molar-refractivity contribution in [2.24, 2.45) is 0 Å². The summed E-state index contributed by atoms with van der Waals surface area (Å²) in [5.41, 5.74) is 0.661. The van der Waals surface area contributed by atoms with Gasteiger partial charge in [-0.25, -0.2) is 13.1 Å². The number of benzene rings is 1. The van der Waals surface area contributed by atoms with Gasteiger partial charge in [-0.05, 0) is 47.7 Å². The largest absolute Gasteiger partial charge is 0.392 e. The third kappa shape index (κ3) is 4.33. The van der Waals surface area contributed by atoms with Gasteiger partial charge in [-0.15, -0.1) is 0 Å². The fraction of sp³-hybridized carbons (Fsp3) is 0.455. The van der Waals surface area contributed by atoms with Gasteiger partial charge in [-0.2, -0.15) is 0 Å². The minimum atomic E-state index is -3.52. The van der Waals surface area contributed by atoms with Gasteiger partial charge >= 0.3 is 0 Å². The van der Waals surface area contributed by atoms with Crippen LogP contribution < -0.4 is 4.72 Å². The number of aliphatic hydroxyl groups excluding tert-OH is 1. The standard InChI is InChI=1S/C11H17BrN2O3S/c1-14(2)6-5-13-18(16,17)11-4-3-9(8-15)7-10(11)12/h3-4,7,13,15H,5-6,8H2,1-2H3. The maximum absolute atomic E-state index is 12.0. The van der Waals surface area contributed by atoms with Gasteiger partial charge in [0.2, 0.25) is 10.0 Å². The van der Waals surface area contributed by atoms with Crippen molar-refractivity contribution < 1.29 is 13.5 Å². The highest BCUT2D eigenvalue weighted by Gasteiger charge is 2.17. The van der Waals surface area contributed by atoms with Gasteiger partial charge in [0.1, 0.15) is 0 Å². The summed E-state index contributed by atoms with van der Waals surface area (Å²) in [4.78, 5) is 2.07. The molecule has 0 amide bonds. The molecule has 0 radical (unpaired) electrons. The highest BCUT2D eigenvalue weighted by atomic mass is 79.9. The van der Waals surface area contributed by atoms with Crippen LogP contribution in [0.25, 0.3) is 0 Å². The molecule has 0 atom stereocenters. The summed E-state index contributed by atoms with van der Waals surface area (Å²) in [6.07, 6.45) is 0. The Morgan fingerprint density at radius 3 is 2.56 bits per heavy atom. The van der Waals surface area contributed by atoms with E-state index in [-0.39, 0.29) is 11.5 Å². The summed E-state index contributed by atoms with van der Waals surface area (Å²) in [6.45, 7) is 0.863. The Morgan fingerprint density at radius 1 is 1.39 bits per heavy atom. The van der Waals surface area contributed by atoms with Crippen molar-refractivity contribution in [3.05, 3.63) is 28.2 Å². The summed E-state index contributed by atoms with van der Waals surface area (Å²) < 4.78 is 27.0. The number of nitrogens with zero attached hydrogens (tertiary/aromatic N) is 1. The Kier molecular flexibility index (Phi) is 5.74. The van der Waals surface area contributed by atoms with Gasteiger partial charge in [0.05, 0.1) is 11.5 Å². The lowest BCUT2D eigenvalue weighted by Gasteiger charge is -2.12. The van der Waals surface area contributed by atoms with Crippen molar-refractivity contribution in [1.82, 2.24) is 9.62 Å². The third-order valence-corrected chi connectivity index (χ3v) is 4.76. The Hall–Kier alpha value is -0.470. The molecule has 0 heterocycles. The molecule has 7 heteroatoms. The number of rotatable bonds is 6. The molecule has 0 aliphatic carbocycles. The van der Waals surface area contributed by atoms with Gasteiger partial charge in [0, 0.05) is 17.6 Å². The lowest BCUT2D eigenvalue weighted by molar-refractivity contribution is 0.281. The van der Waals surface area contributed by atoms with E-state index in [2.05, 4.69) is 20.7 Å². The molecule has 0 saturated carbocycles.